The van der Waals surface area contributed by atoms with Crippen molar-refractivity contribution in [1.29, 1.82) is 0 Å². The molecule has 0 unspecified atom stereocenters. The van der Waals surface area contributed by atoms with Crippen LogP contribution in [0.3, 0.4) is 0 Å². The van der Waals surface area contributed by atoms with E-state index in [4.69, 9.17) is 10.5 Å². The number of ether oxygens (including phenoxy) is 1. The summed E-state index contributed by atoms with van der Waals surface area (Å²) >= 11 is 0. The van der Waals surface area contributed by atoms with E-state index in [1.807, 2.05) is 30.3 Å². The van der Waals surface area contributed by atoms with Crippen LogP contribution in [-0.2, 0) is 16.1 Å². The normalized spacial score (nSPS) is 11.4. The van der Waals surface area contributed by atoms with E-state index in [-0.39, 0.29) is 32.0 Å². The van der Waals surface area contributed by atoms with Crippen LogP contribution in [0.4, 0.5) is 0 Å². The van der Waals surface area contributed by atoms with Crippen LogP contribution >= 0.6 is 12.4 Å². The van der Waals surface area contributed by atoms with E-state index in [9.17, 15) is 9.90 Å². The molecule has 1 aromatic rings. The van der Waals surface area contributed by atoms with Gasteiger partial charge in [0.25, 0.3) is 0 Å². The predicted octanol–water partition coefficient (Wildman–Crippen LogP) is 0.861. The van der Waals surface area contributed by atoms with Gasteiger partial charge in [0.15, 0.2) is 6.10 Å². The molecule has 90 valence electrons. The van der Waals surface area contributed by atoms with Gasteiger partial charge in [0.2, 0.25) is 0 Å². The van der Waals surface area contributed by atoms with Gasteiger partial charge in [0, 0.05) is 0 Å². The Kier molecular flexibility index (Phi) is 7.54. The minimum absolute atomic E-state index is 0. The SMILES string of the molecule is Cl.NCC[C@H](O)C(=O)OCc1ccccc1. The summed E-state index contributed by atoms with van der Waals surface area (Å²) in [5, 5.41) is 9.24. The molecule has 4 nitrogen and oxygen atoms in total. The largest absolute Gasteiger partial charge is 0.459 e. The Labute approximate surface area is 101 Å². The van der Waals surface area contributed by atoms with Crippen LogP contribution in [0.25, 0.3) is 0 Å². The zero-order valence-corrected chi connectivity index (χ0v) is 9.65. The highest BCUT2D eigenvalue weighted by molar-refractivity contribution is 5.85. The Morgan fingerprint density at radius 1 is 1.38 bits per heavy atom. The van der Waals surface area contributed by atoms with Crippen LogP contribution in [0.1, 0.15) is 12.0 Å². The molecule has 0 aromatic heterocycles. The fourth-order valence-corrected chi connectivity index (χ4v) is 1.10. The van der Waals surface area contributed by atoms with Crippen LogP contribution in [0.5, 0.6) is 0 Å². The topological polar surface area (TPSA) is 72.5 Å². The summed E-state index contributed by atoms with van der Waals surface area (Å²) < 4.78 is 4.90. The number of rotatable bonds is 5. The Balaban J connectivity index is 0.00000225. The summed E-state index contributed by atoms with van der Waals surface area (Å²) in [6.07, 6.45) is -0.883. The molecule has 0 fully saturated rings. The number of halogens is 1. The molecule has 16 heavy (non-hydrogen) atoms. The minimum Gasteiger partial charge on any atom is -0.459 e. The predicted molar refractivity (Wildman–Crippen MR) is 63.2 cm³/mol. The molecule has 1 rings (SSSR count). The van der Waals surface area contributed by atoms with Crippen molar-refractivity contribution in [3.05, 3.63) is 35.9 Å². The van der Waals surface area contributed by atoms with Gasteiger partial charge in [-0.3, -0.25) is 0 Å². The maximum atomic E-state index is 11.2. The molecule has 0 radical (unpaired) electrons. The third-order valence-corrected chi connectivity index (χ3v) is 1.94. The van der Waals surface area contributed by atoms with E-state index < -0.39 is 12.1 Å². The van der Waals surface area contributed by atoms with E-state index >= 15 is 0 Å². The molecule has 3 N–H and O–H groups in total. The quantitative estimate of drug-likeness (QED) is 0.755. The smallest absolute Gasteiger partial charge is 0.335 e. The first-order valence-corrected chi connectivity index (χ1v) is 4.82. The lowest BCUT2D eigenvalue weighted by Crippen LogP contribution is -2.25. The second-order valence-electron chi connectivity index (χ2n) is 3.19. The number of carbonyl (C=O) groups excluding carboxylic acids is 1. The van der Waals surface area contributed by atoms with Gasteiger partial charge in [0.1, 0.15) is 6.61 Å². The van der Waals surface area contributed by atoms with Crippen LogP contribution in [0.15, 0.2) is 30.3 Å². The summed E-state index contributed by atoms with van der Waals surface area (Å²) in [4.78, 5) is 11.2. The van der Waals surface area contributed by atoms with Gasteiger partial charge in [-0.1, -0.05) is 30.3 Å². The van der Waals surface area contributed by atoms with Gasteiger partial charge in [-0.2, -0.15) is 0 Å². The molecular weight excluding hydrogens is 230 g/mol. The second-order valence-corrected chi connectivity index (χ2v) is 3.19. The highest BCUT2D eigenvalue weighted by atomic mass is 35.5. The monoisotopic (exact) mass is 245 g/mol. The van der Waals surface area contributed by atoms with Crippen molar-refractivity contribution >= 4 is 18.4 Å². The highest BCUT2D eigenvalue weighted by Crippen LogP contribution is 2.02. The number of nitrogens with two attached hydrogens (primary N) is 1. The fourth-order valence-electron chi connectivity index (χ4n) is 1.10. The molecule has 1 aromatic carbocycles. The van der Waals surface area contributed by atoms with Crippen molar-refractivity contribution in [2.75, 3.05) is 6.54 Å². The summed E-state index contributed by atoms with van der Waals surface area (Å²) in [6.45, 7) is 0.447. The number of carbonyl (C=O) groups is 1. The molecule has 0 aliphatic heterocycles. The zero-order valence-electron chi connectivity index (χ0n) is 8.83. The summed E-state index contributed by atoms with van der Waals surface area (Å²) in [6, 6.07) is 9.30. The first-order chi connectivity index (χ1) is 7.24. The Bertz CT molecular complexity index is 305. The van der Waals surface area contributed by atoms with Gasteiger partial charge in [0.05, 0.1) is 0 Å². The van der Waals surface area contributed by atoms with E-state index in [2.05, 4.69) is 0 Å². The molecule has 0 spiro atoms. The maximum absolute atomic E-state index is 11.2. The lowest BCUT2D eigenvalue weighted by molar-refractivity contribution is -0.155. The van der Waals surface area contributed by atoms with Crippen LogP contribution in [-0.4, -0.2) is 23.7 Å². The van der Waals surface area contributed by atoms with Crippen molar-refractivity contribution in [2.45, 2.75) is 19.1 Å². The van der Waals surface area contributed by atoms with Crippen molar-refractivity contribution in [1.82, 2.24) is 0 Å². The van der Waals surface area contributed by atoms with Crippen LogP contribution in [0.2, 0.25) is 0 Å². The van der Waals surface area contributed by atoms with Gasteiger partial charge in [-0.15, -0.1) is 12.4 Å². The third kappa shape index (κ3) is 5.11. The summed E-state index contributed by atoms with van der Waals surface area (Å²) in [5.41, 5.74) is 6.10. The lowest BCUT2D eigenvalue weighted by Gasteiger charge is -2.09. The van der Waals surface area contributed by atoms with Gasteiger partial charge >= 0.3 is 5.97 Å². The first-order valence-electron chi connectivity index (χ1n) is 4.82. The number of benzene rings is 1. The Morgan fingerprint density at radius 3 is 2.56 bits per heavy atom. The zero-order chi connectivity index (χ0) is 11.1. The molecule has 5 heteroatoms. The van der Waals surface area contributed by atoms with Gasteiger partial charge in [-0.05, 0) is 18.5 Å². The van der Waals surface area contributed by atoms with E-state index in [1.165, 1.54) is 0 Å². The molecule has 0 amide bonds. The molecule has 0 heterocycles. The van der Waals surface area contributed by atoms with E-state index in [0.717, 1.165) is 5.56 Å². The molecule has 0 aliphatic rings. The highest BCUT2D eigenvalue weighted by Gasteiger charge is 2.15. The number of aliphatic hydroxyl groups excluding tert-OH is 1. The fraction of sp³-hybridized carbons (Fsp3) is 0.364. The molecule has 1 atom stereocenters. The maximum Gasteiger partial charge on any atom is 0.335 e. The standard InChI is InChI=1S/C11H15NO3.ClH/c12-7-6-10(13)11(14)15-8-9-4-2-1-3-5-9;/h1-5,10,13H,6-8,12H2;1H/t10-;/m0./s1. The first kappa shape index (κ1) is 14.9. The number of hydrogen-bond acceptors (Lipinski definition) is 4. The summed E-state index contributed by atoms with van der Waals surface area (Å²) in [5.74, 6) is -0.621. The number of aliphatic hydroxyl groups is 1. The molecular formula is C11H16ClNO3. The van der Waals surface area contributed by atoms with Crippen LogP contribution in [0, 0.1) is 0 Å². The van der Waals surface area contributed by atoms with Crippen molar-refractivity contribution < 1.29 is 14.6 Å². The Morgan fingerprint density at radius 2 is 2.00 bits per heavy atom. The molecule has 0 aliphatic carbocycles. The van der Waals surface area contributed by atoms with Crippen molar-refractivity contribution in [3.8, 4) is 0 Å². The van der Waals surface area contributed by atoms with E-state index in [0.29, 0.717) is 0 Å². The minimum atomic E-state index is -1.11. The average molecular weight is 246 g/mol. The third-order valence-electron chi connectivity index (χ3n) is 1.94. The van der Waals surface area contributed by atoms with E-state index in [1.54, 1.807) is 0 Å². The molecule has 0 saturated heterocycles. The van der Waals surface area contributed by atoms with Crippen LogP contribution < -0.4 is 5.73 Å². The number of esters is 1. The number of hydrogen-bond donors (Lipinski definition) is 2. The second kappa shape index (κ2) is 8.10. The van der Waals surface area contributed by atoms with Crippen molar-refractivity contribution in [3.63, 3.8) is 0 Å². The lowest BCUT2D eigenvalue weighted by atomic mass is 10.2. The molecule has 0 saturated carbocycles. The van der Waals surface area contributed by atoms with Crippen molar-refractivity contribution in [2.24, 2.45) is 5.73 Å². The van der Waals surface area contributed by atoms with Gasteiger partial charge in [-0.25, -0.2) is 4.79 Å². The average Bonchev–Trinajstić information content (AvgIpc) is 2.27. The Hall–Kier alpha value is -1.10. The molecule has 0 bridgehead atoms. The van der Waals surface area contributed by atoms with Gasteiger partial charge < -0.3 is 15.6 Å². The summed E-state index contributed by atoms with van der Waals surface area (Å²) in [7, 11) is 0.